The van der Waals surface area contributed by atoms with E-state index in [1.54, 1.807) is 14.2 Å². The fraction of sp³-hybridized carbons (Fsp3) is 0.385. The Labute approximate surface area is 194 Å². The van der Waals surface area contributed by atoms with Crippen LogP contribution >= 0.6 is 0 Å². The molecule has 2 aromatic carbocycles. The molecule has 2 fully saturated rings. The van der Waals surface area contributed by atoms with Crippen LogP contribution in [0.2, 0.25) is 0 Å². The number of hydrogen-bond acceptors (Lipinski definition) is 6. The first-order chi connectivity index (χ1) is 16.2. The minimum absolute atomic E-state index is 0.00715. The maximum atomic E-state index is 12.2. The van der Waals surface area contributed by atoms with Gasteiger partial charge in [0.05, 0.1) is 37.5 Å². The Balaban J connectivity index is 1.51. The number of aromatic nitrogens is 1. The Morgan fingerprint density at radius 3 is 2.58 bits per heavy atom. The number of morpholine rings is 1. The van der Waals surface area contributed by atoms with Crippen molar-refractivity contribution in [2.24, 2.45) is 5.92 Å². The van der Waals surface area contributed by atoms with Gasteiger partial charge < -0.3 is 24.6 Å². The second-order valence-corrected chi connectivity index (χ2v) is 8.60. The summed E-state index contributed by atoms with van der Waals surface area (Å²) < 4.78 is 10.9. The second kappa shape index (κ2) is 9.27. The zero-order chi connectivity index (χ0) is 22.8. The van der Waals surface area contributed by atoms with E-state index in [4.69, 9.17) is 14.5 Å². The highest BCUT2D eigenvalue weighted by molar-refractivity contribution is 5.95. The van der Waals surface area contributed by atoms with Crippen LogP contribution in [0.15, 0.2) is 48.5 Å². The van der Waals surface area contributed by atoms with Gasteiger partial charge in [-0.05, 0) is 36.8 Å². The highest BCUT2D eigenvalue weighted by atomic mass is 16.5. The molecule has 0 saturated carbocycles. The summed E-state index contributed by atoms with van der Waals surface area (Å²) in [5, 5.41) is 3.87. The van der Waals surface area contributed by atoms with E-state index in [0.717, 1.165) is 72.9 Å². The van der Waals surface area contributed by atoms with Crippen molar-refractivity contribution in [3.05, 3.63) is 48.5 Å². The highest BCUT2D eigenvalue weighted by Crippen LogP contribution is 2.36. The Morgan fingerprint density at radius 1 is 1.06 bits per heavy atom. The molecule has 3 aromatic rings. The number of carbonyl (C=O) groups excluding carboxylic acids is 1. The van der Waals surface area contributed by atoms with Crippen LogP contribution in [0.5, 0.6) is 5.75 Å². The molecular weight excluding hydrogens is 416 g/mol. The van der Waals surface area contributed by atoms with Gasteiger partial charge in [0, 0.05) is 61.6 Å². The number of nitrogens with one attached hydrogen (secondary N) is 1. The third-order valence-electron chi connectivity index (χ3n) is 6.68. The van der Waals surface area contributed by atoms with Gasteiger partial charge in [-0.2, -0.15) is 0 Å². The summed E-state index contributed by atoms with van der Waals surface area (Å²) in [4.78, 5) is 21.8. The number of carbonyl (C=O) groups is 1. The molecule has 172 valence electrons. The van der Waals surface area contributed by atoms with Crippen LogP contribution in [0.1, 0.15) is 6.42 Å². The zero-order valence-electron chi connectivity index (χ0n) is 19.2. The largest absolute Gasteiger partial charge is 0.497 e. The molecule has 2 saturated heterocycles. The van der Waals surface area contributed by atoms with Crippen LogP contribution in [-0.4, -0.2) is 64.4 Å². The van der Waals surface area contributed by atoms with Crippen molar-refractivity contribution in [2.75, 3.05) is 63.4 Å². The number of benzene rings is 2. The molecule has 2 aliphatic rings. The quantitative estimate of drug-likeness (QED) is 0.649. The van der Waals surface area contributed by atoms with Gasteiger partial charge in [0.25, 0.3) is 0 Å². The second-order valence-electron chi connectivity index (χ2n) is 8.60. The SMILES string of the molecule is CNC(=O)C1CCN(c2cc(-c3ccc(N4CCOCC4)cc3)nc3cc(OC)ccc23)C1. The van der Waals surface area contributed by atoms with Gasteiger partial charge in [0.15, 0.2) is 0 Å². The van der Waals surface area contributed by atoms with Gasteiger partial charge in [0.2, 0.25) is 5.91 Å². The lowest BCUT2D eigenvalue weighted by Crippen LogP contribution is -2.36. The minimum Gasteiger partial charge on any atom is -0.497 e. The summed E-state index contributed by atoms with van der Waals surface area (Å²) in [6.45, 7) is 4.93. The minimum atomic E-state index is 0.00715. The molecule has 2 aliphatic heterocycles. The first kappa shape index (κ1) is 21.5. The summed E-state index contributed by atoms with van der Waals surface area (Å²) in [6.07, 6.45) is 0.850. The van der Waals surface area contributed by atoms with Gasteiger partial charge in [-0.1, -0.05) is 12.1 Å². The molecular formula is C26H30N4O3. The van der Waals surface area contributed by atoms with Gasteiger partial charge in [-0.25, -0.2) is 4.98 Å². The predicted octanol–water partition coefficient (Wildman–Crippen LogP) is 3.32. The molecule has 5 rings (SSSR count). The summed E-state index contributed by atoms with van der Waals surface area (Å²) in [5.41, 5.74) is 5.20. The van der Waals surface area contributed by atoms with Gasteiger partial charge in [0.1, 0.15) is 5.75 Å². The molecule has 1 amide bonds. The number of fused-ring (bicyclic) bond motifs is 1. The third-order valence-corrected chi connectivity index (χ3v) is 6.68. The molecule has 1 atom stereocenters. The van der Waals surface area contributed by atoms with E-state index in [1.807, 2.05) is 12.1 Å². The topological polar surface area (TPSA) is 66.9 Å². The number of ether oxygens (including phenoxy) is 2. The maximum Gasteiger partial charge on any atom is 0.224 e. The summed E-state index contributed by atoms with van der Waals surface area (Å²) >= 11 is 0. The van der Waals surface area contributed by atoms with Gasteiger partial charge in [-0.3, -0.25) is 4.79 Å². The van der Waals surface area contributed by atoms with E-state index in [9.17, 15) is 4.79 Å². The molecule has 7 heteroatoms. The molecule has 33 heavy (non-hydrogen) atoms. The van der Waals surface area contributed by atoms with Crippen LogP contribution < -0.4 is 19.9 Å². The number of rotatable bonds is 5. The van der Waals surface area contributed by atoms with Crippen molar-refractivity contribution in [3.63, 3.8) is 0 Å². The smallest absolute Gasteiger partial charge is 0.224 e. The Kier molecular flexibility index (Phi) is 6.05. The number of anilines is 2. The van der Waals surface area contributed by atoms with Crippen LogP contribution in [0.3, 0.4) is 0 Å². The van der Waals surface area contributed by atoms with E-state index >= 15 is 0 Å². The van der Waals surface area contributed by atoms with Crippen LogP contribution in [0.25, 0.3) is 22.2 Å². The van der Waals surface area contributed by atoms with Crippen LogP contribution in [0, 0.1) is 5.92 Å². The van der Waals surface area contributed by atoms with Gasteiger partial charge >= 0.3 is 0 Å². The number of pyridine rings is 1. The molecule has 1 aromatic heterocycles. The highest BCUT2D eigenvalue weighted by Gasteiger charge is 2.29. The first-order valence-electron chi connectivity index (χ1n) is 11.5. The van der Waals surface area contributed by atoms with E-state index in [2.05, 4.69) is 51.5 Å². The Bertz CT molecular complexity index is 1140. The predicted molar refractivity (Wildman–Crippen MR) is 131 cm³/mol. The lowest BCUT2D eigenvalue weighted by molar-refractivity contribution is -0.123. The summed E-state index contributed by atoms with van der Waals surface area (Å²) in [6, 6.07) is 16.8. The van der Waals surface area contributed by atoms with Crippen molar-refractivity contribution in [1.29, 1.82) is 0 Å². The van der Waals surface area contributed by atoms with Crippen LogP contribution in [0.4, 0.5) is 11.4 Å². The number of methoxy groups -OCH3 is 1. The first-order valence-corrected chi connectivity index (χ1v) is 11.5. The standard InChI is InChI=1S/C26H30N4O3/c1-27-26(31)19-9-10-30(17-19)25-16-23(28-24-15-21(32-2)7-8-22(24)25)18-3-5-20(6-4-18)29-11-13-33-14-12-29/h3-8,15-16,19H,9-14,17H2,1-2H3,(H,27,31). The number of amides is 1. The fourth-order valence-electron chi connectivity index (χ4n) is 4.79. The summed E-state index contributed by atoms with van der Waals surface area (Å²) in [7, 11) is 3.38. The van der Waals surface area contributed by atoms with Crippen molar-refractivity contribution in [2.45, 2.75) is 6.42 Å². The normalized spacial score (nSPS) is 18.5. The van der Waals surface area contributed by atoms with Crippen molar-refractivity contribution in [3.8, 4) is 17.0 Å². The lowest BCUT2D eigenvalue weighted by atomic mass is 10.1. The molecule has 0 radical (unpaired) electrons. The third kappa shape index (κ3) is 4.33. The maximum absolute atomic E-state index is 12.2. The average molecular weight is 447 g/mol. The lowest BCUT2D eigenvalue weighted by Gasteiger charge is -2.29. The van der Waals surface area contributed by atoms with E-state index in [0.29, 0.717) is 6.54 Å². The Hall–Kier alpha value is -3.32. The average Bonchev–Trinajstić information content (AvgIpc) is 3.38. The molecule has 7 nitrogen and oxygen atoms in total. The molecule has 1 N–H and O–H groups in total. The summed E-state index contributed by atoms with van der Waals surface area (Å²) in [5.74, 6) is 0.898. The molecule has 1 unspecified atom stereocenters. The monoisotopic (exact) mass is 446 g/mol. The van der Waals surface area contributed by atoms with Crippen LogP contribution in [-0.2, 0) is 9.53 Å². The van der Waals surface area contributed by atoms with Crippen molar-refractivity contribution < 1.29 is 14.3 Å². The molecule has 0 aliphatic carbocycles. The fourth-order valence-corrected chi connectivity index (χ4v) is 4.79. The number of hydrogen-bond donors (Lipinski definition) is 1. The number of nitrogens with zero attached hydrogens (tertiary/aromatic N) is 3. The van der Waals surface area contributed by atoms with Gasteiger partial charge in [-0.15, -0.1) is 0 Å². The van der Waals surface area contributed by atoms with Crippen molar-refractivity contribution in [1.82, 2.24) is 10.3 Å². The zero-order valence-corrected chi connectivity index (χ0v) is 19.2. The molecule has 0 bridgehead atoms. The molecule has 3 heterocycles. The molecule has 0 spiro atoms. The van der Waals surface area contributed by atoms with Crippen molar-refractivity contribution >= 4 is 28.2 Å². The van der Waals surface area contributed by atoms with E-state index < -0.39 is 0 Å². The van der Waals surface area contributed by atoms with E-state index in [-0.39, 0.29) is 11.8 Å². The van der Waals surface area contributed by atoms with E-state index in [1.165, 1.54) is 5.69 Å². The Morgan fingerprint density at radius 2 is 1.85 bits per heavy atom.